The van der Waals surface area contributed by atoms with Crippen molar-refractivity contribution in [2.75, 3.05) is 6.54 Å². The number of nitrogens with zero attached hydrogens (tertiary/aromatic N) is 5. The maximum Gasteiger partial charge on any atom is 0.255 e. The zero-order valence-corrected chi connectivity index (χ0v) is 16.4. The molecule has 0 aliphatic heterocycles. The van der Waals surface area contributed by atoms with Crippen LogP contribution < -0.4 is 5.32 Å². The number of aromatic amines is 1. The number of alkyl halides is 2. The van der Waals surface area contributed by atoms with Crippen LogP contribution in [0.1, 0.15) is 10.4 Å². The summed E-state index contributed by atoms with van der Waals surface area (Å²) in [6.45, 7) is -0.707. The molecule has 8 nitrogen and oxygen atoms in total. The maximum atomic E-state index is 12.5. The number of hydrogen-bond acceptors (Lipinski definition) is 4. The molecule has 0 radical (unpaired) electrons. The van der Waals surface area contributed by atoms with Crippen LogP contribution in [0.2, 0.25) is 0 Å². The van der Waals surface area contributed by atoms with Crippen molar-refractivity contribution in [3.05, 3.63) is 60.9 Å². The summed E-state index contributed by atoms with van der Waals surface area (Å²) in [5.41, 5.74) is 5.10. The fourth-order valence-corrected chi connectivity index (χ4v) is 3.56. The van der Waals surface area contributed by atoms with E-state index >= 15 is 0 Å². The second kappa shape index (κ2) is 7.31. The summed E-state index contributed by atoms with van der Waals surface area (Å²) in [4.78, 5) is 20.0. The van der Waals surface area contributed by atoms with Crippen LogP contribution in [0, 0.1) is 0 Å². The van der Waals surface area contributed by atoms with Crippen molar-refractivity contribution in [2.45, 2.75) is 6.43 Å². The largest absolute Gasteiger partial charge is 0.346 e. The van der Waals surface area contributed by atoms with Crippen LogP contribution in [-0.2, 0) is 7.05 Å². The van der Waals surface area contributed by atoms with E-state index in [0.717, 1.165) is 33.3 Å². The highest BCUT2D eigenvalue weighted by Gasteiger charge is 2.16. The van der Waals surface area contributed by atoms with Crippen LogP contribution in [0.15, 0.2) is 55.4 Å². The fourth-order valence-electron chi connectivity index (χ4n) is 3.56. The zero-order chi connectivity index (χ0) is 21.5. The van der Waals surface area contributed by atoms with E-state index < -0.39 is 18.9 Å². The van der Waals surface area contributed by atoms with E-state index in [1.165, 1.54) is 10.7 Å². The number of carbonyl (C=O) groups excluding carboxylic acids is 1. The number of carbonyl (C=O) groups is 1. The highest BCUT2D eigenvalue weighted by molar-refractivity contribution is 6.02. The molecule has 0 unspecified atom stereocenters. The Bertz CT molecular complexity index is 1420. The Labute approximate surface area is 174 Å². The van der Waals surface area contributed by atoms with Gasteiger partial charge >= 0.3 is 0 Å². The number of aryl methyl sites for hydroxylation is 1. The Morgan fingerprint density at radius 3 is 2.81 bits per heavy atom. The molecule has 31 heavy (non-hydrogen) atoms. The molecule has 2 N–H and O–H groups in total. The average molecular weight is 421 g/mol. The SMILES string of the molecule is Cn1cc(-c2cnc3[nH]cc(-c4ccn5ncc(C(=O)NCC(F)F)c5c4)c3c2)cn1. The van der Waals surface area contributed by atoms with E-state index in [2.05, 4.69) is 25.5 Å². The van der Waals surface area contributed by atoms with E-state index in [1.54, 1.807) is 23.3 Å². The predicted molar refractivity (Wildman–Crippen MR) is 111 cm³/mol. The maximum absolute atomic E-state index is 12.5. The Morgan fingerprint density at radius 1 is 1.16 bits per heavy atom. The average Bonchev–Trinajstić information content (AvgIpc) is 3.48. The molecule has 156 valence electrons. The van der Waals surface area contributed by atoms with Gasteiger partial charge in [-0.15, -0.1) is 0 Å². The van der Waals surface area contributed by atoms with Crippen molar-refractivity contribution < 1.29 is 13.6 Å². The quantitative estimate of drug-likeness (QED) is 0.456. The van der Waals surface area contributed by atoms with Gasteiger partial charge in [0.25, 0.3) is 12.3 Å². The summed E-state index contributed by atoms with van der Waals surface area (Å²) >= 11 is 0. The van der Waals surface area contributed by atoms with Crippen LogP contribution in [0.25, 0.3) is 38.8 Å². The van der Waals surface area contributed by atoms with Gasteiger partial charge in [0.05, 0.1) is 30.0 Å². The standard InChI is InChI=1S/C21H17F2N7O/c1-29-11-14(7-27-29)13-4-15-16(8-25-20(15)24-6-13)12-2-3-30-18(5-12)17(9-28-30)21(31)26-10-19(22)23/h2-9,11,19H,10H2,1H3,(H,24,25)(H,26,31). The van der Waals surface area contributed by atoms with E-state index in [-0.39, 0.29) is 5.56 Å². The number of rotatable bonds is 5. The van der Waals surface area contributed by atoms with Gasteiger partial charge in [-0.1, -0.05) is 0 Å². The molecule has 5 aromatic heterocycles. The lowest BCUT2D eigenvalue weighted by Crippen LogP contribution is -2.28. The first-order valence-corrected chi connectivity index (χ1v) is 9.50. The number of fused-ring (bicyclic) bond motifs is 2. The van der Waals surface area contributed by atoms with Crippen molar-refractivity contribution in [3.8, 4) is 22.3 Å². The van der Waals surface area contributed by atoms with Gasteiger partial charge in [-0.2, -0.15) is 10.2 Å². The third-order valence-corrected chi connectivity index (χ3v) is 5.06. The van der Waals surface area contributed by atoms with Crippen LogP contribution in [0.5, 0.6) is 0 Å². The minimum Gasteiger partial charge on any atom is -0.346 e. The first-order valence-electron chi connectivity index (χ1n) is 9.50. The van der Waals surface area contributed by atoms with Gasteiger partial charge in [0.2, 0.25) is 0 Å². The fraction of sp³-hybridized carbons (Fsp3) is 0.143. The summed E-state index contributed by atoms with van der Waals surface area (Å²) in [7, 11) is 1.85. The highest BCUT2D eigenvalue weighted by Crippen LogP contribution is 2.31. The summed E-state index contributed by atoms with van der Waals surface area (Å²) in [5, 5.41) is 11.5. The molecule has 0 fully saturated rings. The molecule has 0 saturated heterocycles. The van der Waals surface area contributed by atoms with Crippen LogP contribution in [0.3, 0.4) is 0 Å². The van der Waals surface area contributed by atoms with Crippen molar-refractivity contribution in [1.82, 2.24) is 34.7 Å². The van der Waals surface area contributed by atoms with Gasteiger partial charge in [0.15, 0.2) is 0 Å². The Hall–Kier alpha value is -4.08. The Kier molecular flexibility index (Phi) is 4.46. The van der Waals surface area contributed by atoms with Gasteiger partial charge in [-0.25, -0.2) is 18.3 Å². The molecule has 5 rings (SSSR count). The number of pyridine rings is 2. The lowest BCUT2D eigenvalue weighted by atomic mass is 10.0. The van der Waals surface area contributed by atoms with Gasteiger partial charge in [0.1, 0.15) is 5.65 Å². The zero-order valence-electron chi connectivity index (χ0n) is 16.4. The molecule has 0 spiro atoms. The molecule has 0 aliphatic carbocycles. The van der Waals surface area contributed by atoms with Gasteiger partial charge in [-0.05, 0) is 23.8 Å². The number of amides is 1. The molecular weight excluding hydrogens is 404 g/mol. The van der Waals surface area contributed by atoms with E-state index in [0.29, 0.717) is 5.52 Å². The van der Waals surface area contributed by atoms with E-state index in [4.69, 9.17) is 0 Å². The molecule has 1 amide bonds. The minimum absolute atomic E-state index is 0.233. The van der Waals surface area contributed by atoms with Gasteiger partial charge in [-0.3, -0.25) is 9.48 Å². The Morgan fingerprint density at radius 2 is 2.03 bits per heavy atom. The molecular formula is C21H17F2N7O. The third-order valence-electron chi connectivity index (χ3n) is 5.06. The topological polar surface area (TPSA) is 92.9 Å². The second-order valence-corrected chi connectivity index (χ2v) is 7.13. The van der Waals surface area contributed by atoms with Crippen molar-refractivity contribution in [2.24, 2.45) is 7.05 Å². The van der Waals surface area contributed by atoms with Crippen molar-refractivity contribution in [3.63, 3.8) is 0 Å². The number of nitrogens with one attached hydrogen (secondary N) is 2. The van der Waals surface area contributed by atoms with Crippen LogP contribution in [-0.4, -0.2) is 48.2 Å². The molecule has 0 atom stereocenters. The Balaban J connectivity index is 1.57. The minimum atomic E-state index is -2.62. The predicted octanol–water partition coefficient (Wildman–Crippen LogP) is 3.27. The highest BCUT2D eigenvalue weighted by atomic mass is 19.3. The number of aromatic nitrogens is 6. The molecule has 0 aromatic carbocycles. The monoisotopic (exact) mass is 421 g/mol. The van der Waals surface area contributed by atoms with Crippen molar-refractivity contribution >= 4 is 22.5 Å². The molecule has 5 heterocycles. The first-order chi connectivity index (χ1) is 15.0. The molecule has 5 aromatic rings. The normalized spacial score (nSPS) is 11.6. The summed E-state index contributed by atoms with van der Waals surface area (Å²) < 4.78 is 28.2. The lowest BCUT2D eigenvalue weighted by Gasteiger charge is -2.05. The van der Waals surface area contributed by atoms with Crippen LogP contribution >= 0.6 is 0 Å². The van der Waals surface area contributed by atoms with Gasteiger partial charge in [0, 0.05) is 53.9 Å². The molecule has 0 aliphatic rings. The van der Waals surface area contributed by atoms with Crippen molar-refractivity contribution in [1.29, 1.82) is 0 Å². The number of halogens is 2. The van der Waals surface area contributed by atoms with E-state index in [1.807, 2.05) is 37.6 Å². The van der Waals surface area contributed by atoms with Crippen LogP contribution in [0.4, 0.5) is 8.78 Å². The molecule has 0 bridgehead atoms. The lowest BCUT2D eigenvalue weighted by molar-refractivity contribution is 0.0893. The third kappa shape index (κ3) is 3.41. The van der Waals surface area contributed by atoms with Gasteiger partial charge < -0.3 is 10.3 Å². The summed E-state index contributed by atoms with van der Waals surface area (Å²) in [6, 6.07) is 5.71. The second-order valence-electron chi connectivity index (χ2n) is 7.13. The summed E-state index contributed by atoms with van der Waals surface area (Å²) in [5.74, 6) is -0.591. The smallest absolute Gasteiger partial charge is 0.255 e. The molecule has 10 heteroatoms. The summed E-state index contributed by atoms with van der Waals surface area (Å²) in [6.07, 6.45) is 7.81. The number of hydrogen-bond donors (Lipinski definition) is 2. The molecule has 0 saturated carbocycles. The number of H-pyrrole nitrogens is 1. The van der Waals surface area contributed by atoms with E-state index in [9.17, 15) is 13.6 Å². The first kappa shape index (κ1) is 18.9.